The number of aliphatic carboxylic acids is 1. The van der Waals surface area contributed by atoms with Gasteiger partial charge < -0.3 is 10.0 Å². The number of unbranched alkanes of at least 4 members (excludes halogenated alkanes) is 24. The number of hydrogen-bond donors (Lipinski definition) is 1. The Bertz CT molecular complexity index is 676. The molecule has 0 heterocycles. The lowest BCUT2D eigenvalue weighted by molar-refractivity contribution is -0.133. The van der Waals surface area contributed by atoms with Crippen LogP contribution in [-0.4, -0.2) is 36.6 Å². The summed E-state index contributed by atoms with van der Waals surface area (Å²) in [6.07, 6.45) is 48.2. The summed E-state index contributed by atoms with van der Waals surface area (Å²) in [5.41, 5.74) is 1.86. The molecule has 0 aromatic carbocycles. The van der Waals surface area contributed by atoms with Crippen molar-refractivity contribution in [3.05, 3.63) is 35.5 Å². The van der Waals surface area contributed by atoms with Gasteiger partial charge in [-0.25, -0.2) is 4.79 Å². The lowest BCUT2D eigenvalue weighted by Crippen LogP contribution is -2.21. The second kappa shape index (κ2) is 35.5. The molecule has 0 unspecified atom stereocenters. The monoisotopic (exact) mass is 630 g/mol. The van der Waals surface area contributed by atoms with Crippen molar-refractivity contribution >= 4 is 5.97 Å². The quantitative estimate of drug-likeness (QED) is 0.0431. The van der Waals surface area contributed by atoms with Crippen LogP contribution in [0.15, 0.2) is 35.5 Å². The number of hydrogen-bond acceptors (Lipinski definition) is 2. The van der Waals surface area contributed by atoms with Gasteiger partial charge in [0.25, 0.3) is 0 Å². The molecule has 0 spiro atoms. The molecular weight excluding hydrogens is 550 g/mol. The number of carbonyl (C=O) groups is 1. The first-order valence-corrected chi connectivity index (χ1v) is 19.9. The number of rotatable bonds is 35. The fraction of sp³-hybridized carbons (Fsp3) is 0.833. The zero-order valence-electron chi connectivity index (χ0n) is 31.0. The third-order valence-electron chi connectivity index (χ3n) is 9.14. The van der Waals surface area contributed by atoms with Gasteiger partial charge in [0, 0.05) is 6.54 Å². The predicted molar refractivity (Wildman–Crippen MR) is 201 cm³/mol. The normalized spacial score (nSPS) is 11.8. The maximum Gasteiger partial charge on any atom is 0.332 e. The molecule has 0 atom stereocenters. The van der Waals surface area contributed by atoms with E-state index in [9.17, 15) is 9.90 Å². The zero-order chi connectivity index (χ0) is 33.1. The molecule has 0 bridgehead atoms. The van der Waals surface area contributed by atoms with Crippen molar-refractivity contribution in [2.75, 3.05) is 20.6 Å². The fourth-order valence-electron chi connectivity index (χ4n) is 6.25. The Morgan fingerprint density at radius 1 is 0.467 bits per heavy atom. The van der Waals surface area contributed by atoms with Crippen LogP contribution in [0.5, 0.6) is 0 Å². The highest BCUT2D eigenvalue weighted by Gasteiger charge is 2.15. The maximum atomic E-state index is 12.1. The van der Waals surface area contributed by atoms with Crippen molar-refractivity contribution in [3.63, 3.8) is 0 Å². The van der Waals surface area contributed by atoms with Crippen LogP contribution in [0.2, 0.25) is 0 Å². The van der Waals surface area contributed by atoms with E-state index in [0.717, 1.165) is 25.7 Å². The van der Waals surface area contributed by atoms with Gasteiger partial charge in [0.05, 0.1) is 5.57 Å². The molecule has 0 aliphatic rings. The average Bonchev–Trinajstić information content (AvgIpc) is 3.02. The van der Waals surface area contributed by atoms with Gasteiger partial charge in [-0.15, -0.1) is 0 Å². The highest BCUT2D eigenvalue weighted by atomic mass is 16.4. The molecule has 0 rings (SSSR count). The molecule has 0 aromatic heterocycles. The van der Waals surface area contributed by atoms with E-state index in [1.54, 1.807) is 0 Å². The van der Waals surface area contributed by atoms with Crippen LogP contribution >= 0.6 is 0 Å². The largest absolute Gasteiger partial charge is 0.478 e. The maximum absolute atomic E-state index is 12.1. The van der Waals surface area contributed by atoms with Gasteiger partial charge in [0.15, 0.2) is 0 Å². The van der Waals surface area contributed by atoms with Gasteiger partial charge >= 0.3 is 5.97 Å². The third-order valence-corrected chi connectivity index (χ3v) is 9.14. The van der Waals surface area contributed by atoms with E-state index in [1.807, 2.05) is 19.0 Å². The van der Waals surface area contributed by atoms with E-state index in [0.29, 0.717) is 12.1 Å². The first-order chi connectivity index (χ1) is 22.0. The highest BCUT2D eigenvalue weighted by Crippen LogP contribution is 2.23. The number of nitrogens with zero attached hydrogens (tertiary/aromatic N) is 1. The summed E-state index contributed by atoms with van der Waals surface area (Å²) in [7, 11) is 3.96. The lowest BCUT2D eigenvalue weighted by atomic mass is 9.94. The second-order valence-corrected chi connectivity index (χ2v) is 14.0. The summed E-state index contributed by atoms with van der Waals surface area (Å²) in [6, 6.07) is 0. The van der Waals surface area contributed by atoms with E-state index in [1.165, 1.54) is 173 Å². The Balaban J connectivity index is 4.07. The smallest absolute Gasteiger partial charge is 0.332 e. The van der Waals surface area contributed by atoms with E-state index in [-0.39, 0.29) is 0 Å². The number of allylic oxidation sites excluding steroid dienone is 5. The van der Waals surface area contributed by atoms with Crippen molar-refractivity contribution in [3.8, 4) is 0 Å². The van der Waals surface area contributed by atoms with Gasteiger partial charge in [0.2, 0.25) is 0 Å². The van der Waals surface area contributed by atoms with Gasteiger partial charge in [-0.1, -0.05) is 159 Å². The average molecular weight is 630 g/mol. The van der Waals surface area contributed by atoms with Crippen LogP contribution in [0.25, 0.3) is 0 Å². The van der Waals surface area contributed by atoms with Crippen LogP contribution in [0.3, 0.4) is 0 Å². The molecule has 264 valence electrons. The lowest BCUT2D eigenvalue weighted by Gasteiger charge is -2.16. The van der Waals surface area contributed by atoms with Crippen molar-refractivity contribution < 1.29 is 9.90 Å². The van der Waals surface area contributed by atoms with Crippen LogP contribution in [0.4, 0.5) is 0 Å². The number of likely N-dealkylation sites (N-methyl/N-ethyl adjacent to an activating group) is 1. The predicted octanol–water partition coefficient (Wildman–Crippen LogP) is 13.8. The molecule has 3 nitrogen and oxygen atoms in total. The third kappa shape index (κ3) is 32.4. The minimum Gasteiger partial charge on any atom is -0.478 e. The summed E-state index contributed by atoms with van der Waals surface area (Å²) in [4.78, 5) is 14.1. The first kappa shape index (κ1) is 43.6. The topological polar surface area (TPSA) is 40.5 Å². The van der Waals surface area contributed by atoms with Crippen LogP contribution in [0.1, 0.15) is 206 Å². The van der Waals surface area contributed by atoms with Crippen LogP contribution in [0, 0.1) is 0 Å². The molecule has 0 amide bonds. The minimum absolute atomic E-state index is 0.545. The Hall–Kier alpha value is -1.35. The Morgan fingerprint density at radius 3 is 1.04 bits per heavy atom. The molecule has 0 aliphatic heterocycles. The van der Waals surface area contributed by atoms with Crippen LogP contribution < -0.4 is 0 Å². The fourth-order valence-corrected chi connectivity index (χ4v) is 6.25. The summed E-state index contributed by atoms with van der Waals surface area (Å²) < 4.78 is 0. The Morgan fingerprint density at radius 2 is 0.756 bits per heavy atom. The van der Waals surface area contributed by atoms with E-state index in [2.05, 4.69) is 38.2 Å². The molecule has 3 heteroatoms. The standard InChI is InChI=1S/C42H79NO2/c1-5-7-9-11-13-15-17-19-21-23-25-27-29-31-33-35-37-40(41(42(44)45)39-43(3)4)38-36-34-32-30-28-26-24-22-20-18-16-14-12-10-8-6-2/h19-22H,5-18,23-39H2,1-4H3,(H,44,45)/b21-19-,22-20-. The van der Waals surface area contributed by atoms with Crippen molar-refractivity contribution in [1.82, 2.24) is 4.90 Å². The summed E-state index contributed by atoms with van der Waals surface area (Å²) in [5.74, 6) is -0.715. The van der Waals surface area contributed by atoms with Crippen LogP contribution in [-0.2, 0) is 4.79 Å². The van der Waals surface area contributed by atoms with Crippen molar-refractivity contribution in [1.29, 1.82) is 0 Å². The second-order valence-electron chi connectivity index (χ2n) is 14.0. The molecule has 0 saturated carbocycles. The number of carboxylic acid groups (broad SMARTS) is 1. The minimum atomic E-state index is -0.715. The Kier molecular flexibility index (Phi) is 34.4. The molecule has 1 N–H and O–H groups in total. The molecule has 0 fully saturated rings. The van der Waals surface area contributed by atoms with Gasteiger partial charge in [-0.05, 0) is 91.1 Å². The molecule has 0 saturated heterocycles. The van der Waals surface area contributed by atoms with E-state index < -0.39 is 5.97 Å². The first-order valence-electron chi connectivity index (χ1n) is 19.9. The van der Waals surface area contributed by atoms with Gasteiger partial charge in [-0.2, -0.15) is 0 Å². The summed E-state index contributed by atoms with van der Waals surface area (Å²) in [5, 5.41) is 9.97. The van der Waals surface area contributed by atoms with Gasteiger partial charge in [-0.3, -0.25) is 0 Å². The SMILES string of the molecule is CCCCCCCC/C=C\CCCCCCCCC(CCCCCCCC/C=C\CCCCCCCC)=C(CN(C)C)C(=O)O. The molecule has 0 aromatic rings. The molecule has 45 heavy (non-hydrogen) atoms. The van der Waals surface area contributed by atoms with E-state index in [4.69, 9.17) is 0 Å². The molecular formula is C42H79NO2. The number of carboxylic acids is 1. The highest BCUT2D eigenvalue weighted by molar-refractivity contribution is 5.88. The Labute approximate surface area is 282 Å². The molecule has 0 aliphatic carbocycles. The summed E-state index contributed by atoms with van der Waals surface area (Å²) >= 11 is 0. The van der Waals surface area contributed by atoms with E-state index >= 15 is 0 Å². The zero-order valence-corrected chi connectivity index (χ0v) is 31.0. The summed E-state index contributed by atoms with van der Waals surface area (Å²) in [6.45, 7) is 5.11. The molecule has 0 radical (unpaired) electrons. The van der Waals surface area contributed by atoms with Gasteiger partial charge in [0.1, 0.15) is 0 Å². The van der Waals surface area contributed by atoms with Crippen molar-refractivity contribution in [2.45, 2.75) is 206 Å². The van der Waals surface area contributed by atoms with Crippen molar-refractivity contribution in [2.24, 2.45) is 0 Å².